The van der Waals surface area contributed by atoms with E-state index in [-0.39, 0.29) is 5.82 Å². The van der Waals surface area contributed by atoms with Crippen molar-refractivity contribution in [3.8, 4) is 0 Å². The Balaban J connectivity index is 2.18. The van der Waals surface area contributed by atoms with Gasteiger partial charge in [0.05, 0.1) is 11.8 Å². The van der Waals surface area contributed by atoms with Crippen molar-refractivity contribution in [1.82, 2.24) is 9.78 Å². The third-order valence-electron chi connectivity index (χ3n) is 3.04. The summed E-state index contributed by atoms with van der Waals surface area (Å²) in [5.41, 5.74) is 0.671. The van der Waals surface area contributed by atoms with Crippen LogP contribution >= 0.6 is 0 Å². The number of rotatable bonds is 4. The van der Waals surface area contributed by atoms with E-state index in [9.17, 15) is 9.50 Å². The van der Waals surface area contributed by atoms with Crippen LogP contribution in [0.4, 0.5) is 4.39 Å². The van der Waals surface area contributed by atoms with Crippen LogP contribution in [0, 0.1) is 5.82 Å². The first-order valence-corrected chi connectivity index (χ1v) is 6.01. The molecule has 0 bridgehead atoms. The molecule has 1 unspecified atom stereocenters. The minimum atomic E-state index is -0.995. The molecule has 1 aromatic carbocycles. The van der Waals surface area contributed by atoms with E-state index in [2.05, 4.69) is 5.10 Å². The van der Waals surface area contributed by atoms with Crippen LogP contribution in [0.25, 0.3) is 0 Å². The average Bonchev–Trinajstić information content (AvgIpc) is 2.81. The monoisotopic (exact) mass is 248 g/mol. The van der Waals surface area contributed by atoms with Gasteiger partial charge in [0.1, 0.15) is 5.82 Å². The second kappa shape index (κ2) is 4.90. The molecule has 2 aromatic rings. The molecule has 0 aliphatic heterocycles. The number of aromatic nitrogens is 2. The SMILES string of the molecule is CCn1cc(C(C)(O)Cc2ccc(F)cc2)cn1. The number of aryl methyl sites for hydroxylation is 1. The molecule has 0 fully saturated rings. The zero-order chi connectivity index (χ0) is 13.2. The fourth-order valence-electron chi connectivity index (χ4n) is 1.92. The normalized spacial score (nSPS) is 14.4. The molecular formula is C14H17FN2O. The first-order valence-electron chi connectivity index (χ1n) is 6.01. The topological polar surface area (TPSA) is 38.0 Å². The summed E-state index contributed by atoms with van der Waals surface area (Å²) in [5, 5.41) is 14.6. The maximum Gasteiger partial charge on any atom is 0.123 e. The van der Waals surface area contributed by atoms with Gasteiger partial charge in [0.15, 0.2) is 0 Å². The molecule has 0 aliphatic rings. The lowest BCUT2D eigenvalue weighted by Crippen LogP contribution is -2.23. The Morgan fingerprint density at radius 3 is 2.56 bits per heavy atom. The number of halogens is 1. The highest BCUT2D eigenvalue weighted by atomic mass is 19.1. The van der Waals surface area contributed by atoms with Gasteiger partial charge in [0.2, 0.25) is 0 Å². The highest BCUT2D eigenvalue weighted by molar-refractivity contribution is 5.23. The average molecular weight is 248 g/mol. The lowest BCUT2D eigenvalue weighted by atomic mass is 9.91. The molecule has 0 saturated heterocycles. The third-order valence-corrected chi connectivity index (χ3v) is 3.04. The van der Waals surface area contributed by atoms with E-state index in [1.807, 2.05) is 13.1 Å². The molecular weight excluding hydrogens is 231 g/mol. The van der Waals surface area contributed by atoms with Gasteiger partial charge < -0.3 is 5.11 Å². The van der Waals surface area contributed by atoms with Gasteiger partial charge in [-0.2, -0.15) is 5.10 Å². The summed E-state index contributed by atoms with van der Waals surface area (Å²) in [6.45, 7) is 4.51. The number of benzene rings is 1. The molecule has 0 spiro atoms. The molecule has 1 N–H and O–H groups in total. The second-order valence-corrected chi connectivity index (χ2v) is 4.66. The van der Waals surface area contributed by atoms with E-state index in [4.69, 9.17) is 0 Å². The summed E-state index contributed by atoms with van der Waals surface area (Å²) in [4.78, 5) is 0. The van der Waals surface area contributed by atoms with Crippen LogP contribution in [0.2, 0.25) is 0 Å². The molecule has 2 rings (SSSR count). The summed E-state index contributed by atoms with van der Waals surface area (Å²) in [5.74, 6) is -0.266. The molecule has 3 nitrogen and oxygen atoms in total. The second-order valence-electron chi connectivity index (χ2n) is 4.66. The van der Waals surface area contributed by atoms with Crippen molar-refractivity contribution < 1.29 is 9.50 Å². The maximum atomic E-state index is 12.8. The van der Waals surface area contributed by atoms with Gasteiger partial charge in [-0.25, -0.2) is 4.39 Å². The summed E-state index contributed by atoms with van der Waals surface area (Å²) in [6.07, 6.45) is 3.94. The zero-order valence-electron chi connectivity index (χ0n) is 10.6. The fourth-order valence-corrected chi connectivity index (χ4v) is 1.92. The number of aliphatic hydroxyl groups is 1. The molecule has 0 radical (unpaired) electrons. The lowest BCUT2D eigenvalue weighted by molar-refractivity contribution is 0.0575. The highest BCUT2D eigenvalue weighted by Gasteiger charge is 2.25. The van der Waals surface area contributed by atoms with Crippen molar-refractivity contribution >= 4 is 0 Å². The van der Waals surface area contributed by atoms with Crippen LogP contribution in [-0.4, -0.2) is 14.9 Å². The van der Waals surface area contributed by atoms with E-state index < -0.39 is 5.60 Å². The van der Waals surface area contributed by atoms with Crippen LogP contribution in [0.15, 0.2) is 36.7 Å². The minimum absolute atomic E-state index is 0.266. The van der Waals surface area contributed by atoms with Gasteiger partial charge >= 0.3 is 0 Å². The van der Waals surface area contributed by atoms with E-state index in [0.29, 0.717) is 6.42 Å². The summed E-state index contributed by atoms with van der Waals surface area (Å²) in [7, 11) is 0. The Labute approximate surface area is 106 Å². The quantitative estimate of drug-likeness (QED) is 0.902. The van der Waals surface area contributed by atoms with Crippen molar-refractivity contribution in [3.63, 3.8) is 0 Å². The van der Waals surface area contributed by atoms with E-state index in [1.54, 1.807) is 29.9 Å². The number of nitrogens with zero attached hydrogens (tertiary/aromatic N) is 2. The smallest absolute Gasteiger partial charge is 0.123 e. The van der Waals surface area contributed by atoms with E-state index in [1.165, 1.54) is 12.1 Å². The van der Waals surface area contributed by atoms with Gasteiger partial charge in [-0.3, -0.25) is 4.68 Å². The number of hydrogen-bond acceptors (Lipinski definition) is 2. The van der Waals surface area contributed by atoms with Crippen molar-refractivity contribution in [3.05, 3.63) is 53.6 Å². The Kier molecular flexibility index (Phi) is 3.48. The third kappa shape index (κ3) is 2.76. The van der Waals surface area contributed by atoms with Crippen molar-refractivity contribution in [2.75, 3.05) is 0 Å². The molecule has 0 saturated carbocycles. The molecule has 0 aliphatic carbocycles. The largest absolute Gasteiger partial charge is 0.385 e. The maximum absolute atomic E-state index is 12.8. The zero-order valence-corrected chi connectivity index (χ0v) is 10.6. The van der Waals surface area contributed by atoms with Gasteiger partial charge in [0, 0.05) is 24.7 Å². The van der Waals surface area contributed by atoms with Crippen LogP contribution < -0.4 is 0 Å². The van der Waals surface area contributed by atoms with E-state index in [0.717, 1.165) is 17.7 Å². The van der Waals surface area contributed by atoms with Crippen LogP contribution in [0.1, 0.15) is 25.0 Å². The summed E-state index contributed by atoms with van der Waals surface area (Å²) < 4.78 is 14.6. The van der Waals surface area contributed by atoms with Crippen LogP contribution in [0.5, 0.6) is 0 Å². The van der Waals surface area contributed by atoms with Crippen molar-refractivity contribution in [2.24, 2.45) is 0 Å². The van der Waals surface area contributed by atoms with Gasteiger partial charge in [-0.1, -0.05) is 12.1 Å². The lowest BCUT2D eigenvalue weighted by Gasteiger charge is -2.21. The Hall–Kier alpha value is -1.68. The fraction of sp³-hybridized carbons (Fsp3) is 0.357. The Morgan fingerprint density at radius 2 is 2.00 bits per heavy atom. The molecule has 96 valence electrons. The van der Waals surface area contributed by atoms with Crippen molar-refractivity contribution in [2.45, 2.75) is 32.4 Å². The standard InChI is InChI=1S/C14H17FN2O/c1-3-17-10-12(9-16-17)14(2,18)8-11-4-6-13(15)7-5-11/h4-7,9-10,18H,3,8H2,1-2H3. The minimum Gasteiger partial charge on any atom is -0.385 e. The molecule has 4 heteroatoms. The van der Waals surface area contributed by atoms with Gasteiger partial charge in [-0.05, 0) is 31.5 Å². The predicted molar refractivity (Wildman–Crippen MR) is 67.6 cm³/mol. The Morgan fingerprint density at radius 1 is 1.33 bits per heavy atom. The predicted octanol–water partition coefficient (Wildman–Crippen LogP) is 2.49. The summed E-state index contributed by atoms with van der Waals surface area (Å²) >= 11 is 0. The molecule has 0 amide bonds. The highest BCUT2D eigenvalue weighted by Crippen LogP contribution is 2.24. The molecule has 1 atom stereocenters. The molecule has 18 heavy (non-hydrogen) atoms. The summed E-state index contributed by atoms with van der Waals surface area (Å²) in [6, 6.07) is 6.18. The van der Waals surface area contributed by atoms with Crippen molar-refractivity contribution in [1.29, 1.82) is 0 Å². The van der Waals surface area contributed by atoms with Gasteiger partial charge in [-0.15, -0.1) is 0 Å². The first kappa shape index (κ1) is 12.8. The Bertz CT molecular complexity index is 517. The van der Waals surface area contributed by atoms with Crippen LogP contribution in [0.3, 0.4) is 0 Å². The van der Waals surface area contributed by atoms with Crippen LogP contribution in [-0.2, 0) is 18.6 Å². The first-order chi connectivity index (χ1) is 8.51. The number of hydrogen-bond donors (Lipinski definition) is 1. The van der Waals surface area contributed by atoms with E-state index >= 15 is 0 Å². The molecule has 1 aromatic heterocycles. The molecule has 1 heterocycles. The van der Waals surface area contributed by atoms with Gasteiger partial charge in [0.25, 0.3) is 0 Å².